The Morgan fingerprint density at radius 3 is 2.33 bits per heavy atom. The number of urea groups is 1. The number of aliphatic carboxylic acids is 1. The quantitative estimate of drug-likeness (QED) is 0.571. The number of rotatable bonds is 9. The van der Waals surface area contributed by atoms with Crippen molar-refractivity contribution in [2.45, 2.75) is 71.1 Å². The number of carboxylic acids is 1. The van der Waals surface area contributed by atoms with E-state index in [1.54, 1.807) is 0 Å². The second-order valence-electron chi connectivity index (χ2n) is 6.54. The molecule has 0 aromatic rings. The van der Waals surface area contributed by atoms with Crippen LogP contribution in [0.25, 0.3) is 0 Å². The second kappa shape index (κ2) is 9.64. The fourth-order valence-corrected chi connectivity index (χ4v) is 2.89. The van der Waals surface area contributed by atoms with Crippen molar-refractivity contribution in [1.29, 1.82) is 0 Å². The van der Waals surface area contributed by atoms with E-state index in [0.717, 1.165) is 32.2 Å². The predicted molar refractivity (Wildman–Crippen MR) is 83.3 cm³/mol. The molecule has 0 heterocycles. The molecule has 1 rings (SSSR count). The molecule has 1 fully saturated rings. The van der Waals surface area contributed by atoms with Crippen molar-refractivity contribution < 1.29 is 14.7 Å². The molecule has 21 heavy (non-hydrogen) atoms. The summed E-state index contributed by atoms with van der Waals surface area (Å²) in [5.41, 5.74) is 0.270. The first kappa shape index (κ1) is 17.8. The van der Waals surface area contributed by atoms with Gasteiger partial charge in [0.15, 0.2) is 0 Å². The largest absolute Gasteiger partial charge is 0.481 e. The van der Waals surface area contributed by atoms with Crippen LogP contribution in [0.15, 0.2) is 0 Å². The van der Waals surface area contributed by atoms with Crippen LogP contribution in [-0.4, -0.2) is 30.2 Å². The van der Waals surface area contributed by atoms with Crippen molar-refractivity contribution in [3.63, 3.8) is 0 Å². The fraction of sp³-hybridized carbons (Fsp3) is 0.875. The summed E-state index contributed by atoms with van der Waals surface area (Å²) in [6.07, 6.45) is 10.0. The summed E-state index contributed by atoms with van der Waals surface area (Å²) in [7, 11) is 0. The molecule has 0 saturated heterocycles. The predicted octanol–water partition coefficient (Wildman–Crippen LogP) is 3.29. The van der Waals surface area contributed by atoms with Crippen LogP contribution in [0, 0.1) is 5.41 Å². The van der Waals surface area contributed by atoms with Gasteiger partial charge in [0.1, 0.15) is 0 Å². The molecule has 5 nitrogen and oxygen atoms in total. The Morgan fingerprint density at radius 2 is 1.67 bits per heavy atom. The smallest absolute Gasteiger partial charge is 0.314 e. The van der Waals surface area contributed by atoms with Crippen LogP contribution < -0.4 is 10.6 Å². The maximum Gasteiger partial charge on any atom is 0.314 e. The van der Waals surface area contributed by atoms with Gasteiger partial charge in [0.05, 0.1) is 0 Å². The minimum Gasteiger partial charge on any atom is -0.481 e. The summed E-state index contributed by atoms with van der Waals surface area (Å²) >= 11 is 0. The van der Waals surface area contributed by atoms with Gasteiger partial charge in [-0.2, -0.15) is 0 Å². The zero-order valence-electron chi connectivity index (χ0n) is 13.2. The van der Waals surface area contributed by atoms with E-state index in [4.69, 9.17) is 5.11 Å². The summed E-state index contributed by atoms with van der Waals surface area (Å²) in [5.74, 6) is -0.733. The van der Waals surface area contributed by atoms with Gasteiger partial charge in [0.25, 0.3) is 0 Å². The Morgan fingerprint density at radius 1 is 1.00 bits per heavy atom. The zero-order chi connectivity index (χ0) is 15.6. The fourth-order valence-electron chi connectivity index (χ4n) is 2.89. The first-order valence-electron chi connectivity index (χ1n) is 8.25. The normalized spacial score (nSPS) is 17.2. The van der Waals surface area contributed by atoms with Gasteiger partial charge in [-0.05, 0) is 31.1 Å². The SMILES string of the molecule is CC1(CNC(=O)NCCCCCCC(=O)O)CCCCC1. The maximum absolute atomic E-state index is 11.7. The molecule has 0 aliphatic heterocycles. The second-order valence-corrected chi connectivity index (χ2v) is 6.54. The minimum atomic E-state index is -0.733. The highest BCUT2D eigenvalue weighted by molar-refractivity contribution is 5.73. The molecule has 0 aromatic heterocycles. The van der Waals surface area contributed by atoms with Crippen LogP contribution in [0.2, 0.25) is 0 Å². The third-order valence-corrected chi connectivity index (χ3v) is 4.34. The Balaban J connectivity index is 1.97. The Bertz CT molecular complexity index is 325. The van der Waals surface area contributed by atoms with Crippen LogP contribution in [0.5, 0.6) is 0 Å². The van der Waals surface area contributed by atoms with Crippen molar-refractivity contribution >= 4 is 12.0 Å². The van der Waals surface area contributed by atoms with Gasteiger partial charge < -0.3 is 15.7 Å². The molecular weight excluding hydrogens is 268 g/mol. The van der Waals surface area contributed by atoms with Crippen molar-refractivity contribution in [2.24, 2.45) is 5.41 Å². The van der Waals surface area contributed by atoms with E-state index in [1.807, 2.05) is 0 Å². The van der Waals surface area contributed by atoms with E-state index < -0.39 is 5.97 Å². The number of unbranched alkanes of at least 4 members (excludes halogenated alkanes) is 3. The first-order valence-corrected chi connectivity index (χ1v) is 8.25. The zero-order valence-corrected chi connectivity index (χ0v) is 13.2. The number of amides is 2. The highest BCUT2D eigenvalue weighted by atomic mass is 16.4. The average Bonchev–Trinajstić information content (AvgIpc) is 2.45. The van der Waals surface area contributed by atoms with E-state index in [9.17, 15) is 9.59 Å². The van der Waals surface area contributed by atoms with E-state index in [2.05, 4.69) is 17.6 Å². The number of carboxylic acid groups (broad SMARTS) is 1. The lowest BCUT2D eigenvalue weighted by molar-refractivity contribution is -0.137. The molecule has 0 aromatic carbocycles. The van der Waals surface area contributed by atoms with Crippen LogP contribution in [0.4, 0.5) is 4.79 Å². The Labute approximate surface area is 127 Å². The highest BCUT2D eigenvalue weighted by Gasteiger charge is 2.26. The van der Waals surface area contributed by atoms with E-state index >= 15 is 0 Å². The third-order valence-electron chi connectivity index (χ3n) is 4.34. The van der Waals surface area contributed by atoms with Gasteiger partial charge in [0.2, 0.25) is 0 Å². The lowest BCUT2D eigenvalue weighted by Gasteiger charge is -2.33. The van der Waals surface area contributed by atoms with Gasteiger partial charge >= 0.3 is 12.0 Å². The number of hydrogen-bond acceptors (Lipinski definition) is 2. The van der Waals surface area contributed by atoms with Crippen molar-refractivity contribution in [1.82, 2.24) is 10.6 Å². The Hall–Kier alpha value is -1.26. The van der Waals surface area contributed by atoms with Gasteiger partial charge in [-0.25, -0.2) is 4.79 Å². The standard InChI is InChI=1S/C16H30N2O3/c1-16(10-6-4-7-11-16)13-18-15(21)17-12-8-3-2-5-9-14(19)20/h2-13H2,1H3,(H,19,20)(H2,17,18,21). The monoisotopic (exact) mass is 298 g/mol. The lowest BCUT2D eigenvalue weighted by Crippen LogP contribution is -2.42. The Kier molecular flexibility index (Phi) is 8.16. The van der Waals surface area contributed by atoms with E-state index in [-0.39, 0.29) is 17.9 Å². The molecule has 2 amide bonds. The first-order chi connectivity index (χ1) is 10.0. The maximum atomic E-state index is 11.7. The summed E-state index contributed by atoms with van der Waals surface area (Å²) in [5, 5.41) is 14.4. The molecule has 0 unspecified atom stereocenters. The van der Waals surface area contributed by atoms with Gasteiger partial charge in [-0.15, -0.1) is 0 Å². The van der Waals surface area contributed by atoms with Crippen LogP contribution in [0.1, 0.15) is 71.1 Å². The molecule has 122 valence electrons. The molecule has 0 atom stereocenters. The van der Waals surface area contributed by atoms with E-state index in [0.29, 0.717) is 6.54 Å². The lowest BCUT2D eigenvalue weighted by atomic mass is 9.76. The number of nitrogens with one attached hydrogen (secondary N) is 2. The molecular formula is C16H30N2O3. The van der Waals surface area contributed by atoms with Crippen LogP contribution in [0.3, 0.4) is 0 Å². The third kappa shape index (κ3) is 8.58. The molecule has 1 saturated carbocycles. The van der Waals surface area contributed by atoms with Crippen molar-refractivity contribution in [3.05, 3.63) is 0 Å². The van der Waals surface area contributed by atoms with Gasteiger partial charge in [-0.1, -0.05) is 39.0 Å². The van der Waals surface area contributed by atoms with Crippen LogP contribution in [-0.2, 0) is 4.79 Å². The number of carbonyl (C=O) groups excluding carboxylic acids is 1. The summed E-state index contributed by atoms with van der Waals surface area (Å²) in [6.45, 7) is 3.68. The molecule has 3 N–H and O–H groups in total. The average molecular weight is 298 g/mol. The van der Waals surface area contributed by atoms with Crippen LogP contribution >= 0.6 is 0 Å². The van der Waals surface area contributed by atoms with Gasteiger partial charge in [0, 0.05) is 19.5 Å². The minimum absolute atomic E-state index is 0.0765. The molecule has 0 bridgehead atoms. The van der Waals surface area contributed by atoms with E-state index in [1.165, 1.54) is 32.1 Å². The van der Waals surface area contributed by atoms with Crippen molar-refractivity contribution in [2.75, 3.05) is 13.1 Å². The highest BCUT2D eigenvalue weighted by Crippen LogP contribution is 2.34. The topological polar surface area (TPSA) is 78.4 Å². The van der Waals surface area contributed by atoms with Gasteiger partial charge in [-0.3, -0.25) is 4.79 Å². The molecule has 0 radical (unpaired) electrons. The molecule has 1 aliphatic carbocycles. The molecule has 0 spiro atoms. The summed E-state index contributed by atoms with van der Waals surface area (Å²) in [4.78, 5) is 22.0. The number of hydrogen-bond donors (Lipinski definition) is 3. The number of carbonyl (C=O) groups is 2. The molecule has 5 heteroatoms. The molecule has 1 aliphatic rings. The summed E-state index contributed by atoms with van der Waals surface area (Å²) < 4.78 is 0. The van der Waals surface area contributed by atoms with Crippen molar-refractivity contribution in [3.8, 4) is 0 Å². The summed E-state index contributed by atoms with van der Waals surface area (Å²) in [6, 6.07) is -0.0765.